The number of nitrogens with zero attached hydrogens (tertiary/aromatic N) is 4. The molecular formula is C38H70N4O8. The maximum atomic E-state index is 14.3. The number of cyclic esters (lactones) is 1. The minimum absolute atomic E-state index is 0.0881. The fourth-order valence-electron chi connectivity index (χ4n) is 8.44. The average Bonchev–Trinajstić information content (AvgIpc) is 2.99. The Morgan fingerprint density at radius 3 is 2.26 bits per heavy atom. The van der Waals surface area contributed by atoms with E-state index in [1.54, 1.807) is 27.9 Å². The number of aliphatic hydroxyl groups excluding tert-OH is 1. The van der Waals surface area contributed by atoms with Crippen molar-refractivity contribution in [2.24, 2.45) is 28.6 Å². The molecule has 1 N–H and O–H groups in total. The SMILES string of the molecule is CCN(C)CC(C)(C)CC(=O)N1CC([C@@H]2COC(=O)C(C)(C)C(=O)[C@H](C)[C@@H](O[C@@H]3O[C@H](C)C[C@H](N(C)C)[C@H]3O)[C@](C)(OC)C[C@@H](C)CN2C)C1. The van der Waals surface area contributed by atoms with Crippen molar-refractivity contribution in [1.82, 2.24) is 19.6 Å². The number of ketones is 1. The molecule has 3 aliphatic heterocycles. The molecule has 3 saturated heterocycles. The van der Waals surface area contributed by atoms with Crippen molar-refractivity contribution in [2.75, 3.05) is 74.6 Å². The number of rotatable bonds is 10. The fraction of sp³-hybridized carbons (Fsp3) is 0.921. The molecule has 0 saturated carbocycles. The molecular weight excluding hydrogens is 640 g/mol. The van der Waals surface area contributed by atoms with Crippen molar-refractivity contribution < 1.29 is 38.4 Å². The summed E-state index contributed by atoms with van der Waals surface area (Å²) in [5.41, 5.74) is -2.57. The van der Waals surface area contributed by atoms with Crippen molar-refractivity contribution in [3.05, 3.63) is 0 Å². The summed E-state index contributed by atoms with van der Waals surface area (Å²) in [6, 6.07) is -0.328. The number of likely N-dealkylation sites (tertiary alicyclic amines) is 1. The van der Waals surface area contributed by atoms with Crippen LogP contribution in [0.1, 0.15) is 81.6 Å². The highest BCUT2D eigenvalue weighted by molar-refractivity contribution is 6.04. The van der Waals surface area contributed by atoms with Gasteiger partial charge in [-0.1, -0.05) is 34.6 Å². The molecule has 3 rings (SSSR count). The van der Waals surface area contributed by atoms with Gasteiger partial charge in [0.25, 0.3) is 0 Å². The number of hydrogen-bond acceptors (Lipinski definition) is 11. The number of Topliss-reactive ketones (excluding diaryl/α,β-unsaturated/α-hetero) is 1. The molecule has 50 heavy (non-hydrogen) atoms. The van der Waals surface area contributed by atoms with Crippen molar-refractivity contribution in [2.45, 2.75) is 124 Å². The lowest BCUT2D eigenvalue weighted by atomic mass is 9.74. The van der Waals surface area contributed by atoms with Gasteiger partial charge in [-0.15, -0.1) is 0 Å². The van der Waals surface area contributed by atoms with Crippen LogP contribution in [0.4, 0.5) is 0 Å². The van der Waals surface area contributed by atoms with Gasteiger partial charge < -0.3 is 38.8 Å². The summed E-state index contributed by atoms with van der Waals surface area (Å²) >= 11 is 0. The van der Waals surface area contributed by atoms with Gasteiger partial charge in [-0.2, -0.15) is 0 Å². The van der Waals surface area contributed by atoms with Gasteiger partial charge in [-0.05, 0) is 86.6 Å². The maximum absolute atomic E-state index is 14.3. The van der Waals surface area contributed by atoms with E-state index in [4.69, 9.17) is 18.9 Å². The minimum atomic E-state index is -1.47. The van der Waals surface area contributed by atoms with Gasteiger partial charge in [-0.25, -0.2) is 0 Å². The monoisotopic (exact) mass is 711 g/mol. The zero-order chi connectivity index (χ0) is 37.9. The Morgan fingerprint density at radius 2 is 1.70 bits per heavy atom. The average molecular weight is 711 g/mol. The first-order valence-electron chi connectivity index (χ1n) is 18.7. The molecule has 0 aliphatic carbocycles. The third-order valence-corrected chi connectivity index (χ3v) is 11.6. The second-order valence-electron chi connectivity index (χ2n) is 17.6. The standard InChI is InChI=1S/C38H70N4O8/c1-15-40(12)23-36(5,6)18-30(43)42-20-27(21-42)29-22-48-35(46)37(7,8)32(45)26(4)33(38(9,47-14)17-24(2)19-41(29)13)50-34-31(44)28(39(10)11)16-25(3)49-34/h24-29,31,33-34,44H,15-23H2,1-14H3/t24-,25-,26+,28+,29+,31-,33-,34+,38-/m1/s1. The molecule has 12 nitrogen and oxygen atoms in total. The van der Waals surface area contributed by atoms with Crippen molar-refractivity contribution in [3.63, 3.8) is 0 Å². The Labute approximate surface area is 302 Å². The number of carbonyl (C=O) groups excluding carboxylic acids is 3. The Kier molecular flexibility index (Phi) is 14.5. The molecule has 3 heterocycles. The minimum Gasteiger partial charge on any atom is -0.463 e. The molecule has 0 aromatic carbocycles. The summed E-state index contributed by atoms with van der Waals surface area (Å²) in [7, 11) is 9.56. The van der Waals surface area contributed by atoms with Crippen LogP contribution in [0.25, 0.3) is 0 Å². The smallest absolute Gasteiger partial charge is 0.319 e. The fourth-order valence-corrected chi connectivity index (χ4v) is 8.44. The molecule has 12 heteroatoms. The molecule has 0 aromatic rings. The van der Waals surface area contributed by atoms with E-state index in [-0.39, 0.29) is 53.7 Å². The first-order chi connectivity index (χ1) is 23.1. The molecule has 3 fully saturated rings. The van der Waals surface area contributed by atoms with Gasteiger partial charge in [0.05, 0.1) is 17.8 Å². The van der Waals surface area contributed by atoms with Crippen LogP contribution in [0.3, 0.4) is 0 Å². The first-order valence-corrected chi connectivity index (χ1v) is 18.7. The highest BCUT2D eigenvalue weighted by atomic mass is 16.7. The Hall–Kier alpha value is -1.67. The normalized spacial score (nSPS) is 35.7. The van der Waals surface area contributed by atoms with Gasteiger partial charge in [0, 0.05) is 63.6 Å². The molecule has 0 unspecified atom stereocenters. The molecule has 1 amide bonds. The van der Waals surface area contributed by atoms with Crippen LogP contribution in [0.2, 0.25) is 0 Å². The van der Waals surface area contributed by atoms with E-state index in [1.807, 2.05) is 44.8 Å². The summed E-state index contributed by atoms with van der Waals surface area (Å²) in [6.07, 6.45) is -1.29. The summed E-state index contributed by atoms with van der Waals surface area (Å²) in [5.74, 6) is -1.36. The van der Waals surface area contributed by atoms with Crippen molar-refractivity contribution in [1.29, 1.82) is 0 Å². The lowest BCUT2D eigenvalue weighted by molar-refractivity contribution is -0.295. The van der Waals surface area contributed by atoms with Crippen LogP contribution >= 0.6 is 0 Å². The van der Waals surface area contributed by atoms with Gasteiger partial charge in [0.2, 0.25) is 5.91 Å². The molecule has 0 bridgehead atoms. The zero-order valence-electron chi connectivity index (χ0n) is 33.7. The van der Waals surface area contributed by atoms with Gasteiger partial charge in [0.1, 0.15) is 18.1 Å². The summed E-state index contributed by atoms with van der Waals surface area (Å²) in [5, 5.41) is 11.4. The number of ether oxygens (including phenoxy) is 4. The Balaban J connectivity index is 1.86. The molecule has 3 aliphatic rings. The van der Waals surface area contributed by atoms with Gasteiger partial charge in [0.15, 0.2) is 12.1 Å². The number of esters is 1. The van der Waals surface area contributed by atoms with Gasteiger partial charge >= 0.3 is 5.97 Å². The van der Waals surface area contributed by atoms with Crippen LogP contribution in [0.15, 0.2) is 0 Å². The summed E-state index contributed by atoms with van der Waals surface area (Å²) in [6.45, 7) is 21.2. The molecule has 0 spiro atoms. The predicted molar refractivity (Wildman–Crippen MR) is 193 cm³/mol. The number of likely N-dealkylation sites (N-methyl/N-ethyl adjacent to an activating group) is 2. The number of hydrogen-bond donors (Lipinski definition) is 1. The van der Waals surface area contributed by atoms with Gasteiger partial charge in [-0.3, -0.25) is 19.3 Å². The largest absolute Gasteiger partial charge is 0.463 e. The topological polar surface area (TPSA) is 121 Å². The van der Waals surface area contributed by atoms with E-state index in [9.17, 15) is 19.5 Å². The van der Waals surface area contributed by atoms with E-state index in [0.29, 0.717) is 38.9 Å². The lowest BCUT2D eigenvalue weighted by Gasteiger charge is -2.48. The van der Waals surface area contributed by atoms with Crippen molar-refractivity contribution in [3.8, 4) is 0 Å². The molecule has 290 valence electrons. The van der Waals surface area contributed by atoms with Crippen molar-refractivity contribution >= 4 is 17.7 Å². The van der Waals surface area contributed by atoms with Crippen LogP contribution in [-0.4, -0.2) is 159 Å². The number of methoxy groups -OCH3 is 1. The van der Waals surface area contributed by atoms with E-state index in [0.717, 1.165) is 13.1 Å². The maximum Gasteiger partial charge on any atom is 0.319 e. The second-order valence-corrected chi connectivity index (χ2v) is 17.6. The lowest BCUT2D eigenvalue weighted by Crippen LogP contribution is -2.60. The third kappa shape index (κ3) is 10.0. The second kappa shape index (κ2) is 17.0. The predicted octanol–water partition coefficient (Wildman–Crippen LogP) is 3.14. The number of carbonyl (C=O) groups is 3. The van der Waals surface area contributed by atoms with E-state index < -0.39 is 41.4 Å². The van der Waals surface area contributed by atoms with Crippen LogP contribution < -0.4 is 0 Å². The highest BCUT2D eigenvalue weighted by Crippen LogP contribution is 2.39. The molecule has 9 atom stereocenters. The third-order valence-electron chi connectivity index (χ3n) is 11.6. The van der Waals surface area contributed by atoms with E-state index >= 15 is 0 Å². The molecule has 0 radical (unpaired) electrons. The molecule has 0 aromatic heterocycles. The van der Waals surface area contributed by atoms with Crippen LogP contribution in [0, 0.1) is 28.6 Å². The van der Waals surface area contributed by atoms with E-state index in [1.165, 1.54) is 0 Å². The Morgan fingerprint density at radius 1 is 1.08 bits per heavy atom. The first kappa shape index (κ1) is 42.7. The van der Waals surface area contributed by atoms with Crippen LogP contribution in [-0.2, 0) is 33.3 Å². The number of amides is 1. The zero-order valence-corrected chi connectivity index (χ0v) is 33.7. The Bertz CT molecular complexity index is 1160. The number of aliphatic hydroxyl groups is 1. The van der Waals surface area contributed by atoms with E-state index in [2.05, 4.69) is 44.5 Å². The highest BCUT2D eigenvalue weighted by Gasteiger charge is 2.52. The summed E-state index contributed by atoms with van der Waals surface area (Å²) < 4.78 is 25.0. The quantitative estimate of drug-likeness (QED) is 0.266. The summed E-state index contributed by atoms with van der Waals surface area (Å²) in [4.78, 5) is 49.7. The van der Waals surface area contributed by atoms with Crippen LogP contribution in [0.5, 0.6) is 0 Å².